The molecule has 1 aromatic rings. The molecule has 1 saturated heterocycles. The zero-order valence-electron chi connectivity index (χ0n) is 16.0. The zero-order valence-corrected chi connectivity index (χ0v) is 16.0. The molecule has 0 aromatic heterocycles. The summed E-state index contributed by atoms with van der Waals surface area (Å²) in [5.74, 6) is -0.309. The van der Waals surface area contributed by atoms with Gasteiger partial charge in [0.05, 0.1) is 18.6 Å². The van der Waals surface area contributed by atoms with Gasteiger partial charge in [0, 0.05) is 12.2 Å². The second-order valence-corrected chi connectivity index (χ2v) is 7.03. The molecule has 1 N–H and O–H groups in total. The SMILES string of the molecule is CCOC(=O)[C@@H]1CCCN([C@@H](C)C(=O)Nc2c(C)cc(C)cc2C)C1. The number of aryl methyl sites for hydroxylation is 3. The van der Waals surface area contributed by atoms with Crippen LogP contribution in [0.5, 0.6) is 0 Å². The first-order valence-electron chi connectivity index (χ1n) is 9.12. The van der Waals surface area contributed by atoms with Crippen molar-refractivity contribution in [3.05, 3.63) is 28.8 Å². The Hall–Kier alpha value is -1.88. The number of hydrogen-bond donors (Lipinski definition) is 1. The monoisotopic (exact) mass is 346 g/mol. The summed E-state index contributed by atoms with van der Waals surface area (Å²) in [6.07, 6.45) is 1.74. The van der Waals surface area contributed by atoms with Crippen LogP contribution in [0.2, 0.25) is 0 Å². The molecule has 1 fully saturated rings. The molecule has 1 aliphatic heterocycles. The van der Waals surface area contributed by atoms with E-state index in [1.54, 1.807) is 0 Å². The zero-order chi connectivity index (χ0) is 18.6. The number of anilines is 1. The van der Waals surface area contributed by atoms with Gasteiger partial charge in [-0.1, -0.05) is 17.7 Å². The number of benzene rings is 1. The molecule has 0 spiro atoms. The number of carbonyl (C=O) groups excluding carboxylic acids is 2. The molecular weight excluding hydrogens is 316 g/mol. The first-order valence-corrected chi connectivity index (χ1v) is 9.12. The maximum atomic E-state index is 12.7. The van der Waals surface area contributed by atoms with Gasteiger partial charge in [0.15, 0.2) is 0 Å². The second kappa shape index (κ2) is 8.48. The first kappa shape index (κ1) is 19.4. The molecule has 2 atom stereocenters. The number of hydrogen-bond acceptors (Lipinski definition) is 4. The molecule has 2 rings (SSSR count). The summed E-state index contributed by atoms with van der Waals surface area (Å²) in [7, 11) is 0. The lowest BCUT2D eigenvalue weighted by molar-refractivity contribution is -0.150. The van der Waals surface area contributed by atoms with Crippen molar-refractivity contribution >= 4 is 17.6 Å². The van der Waals surface area contributed by atoms with Gasteiger partial charge in [0.1, 0.15) is 0 Å². The van der Waals surface area contributed by atoms with Crippen molar-refractivity contribution in [3.63, 3.8) is 0 Å². The lowest BCUT2D eigenvalue weighted by Crippen LogP contribution is -2.48. The van der Waals surface area contributed by atoms with Crippen LogP contribution in [0.15, 0.2) is 12.1 Å². The standard InChI is InChI=1S/C20H30N2O3/c1-6-25-20(24)17-8-7-9-22(12-17)16(5)19(23)21-18-14(3)10-13(2)11-15(18)4/h10-11,16-17H,6-9,12H2,1-5H3,(H,21,23)/t16-,17+/m0/s1. The molecule has 0 unspecified atom stereocenters. The summed E-state index contributed by atoms with van der Waals surface area (Å²) in [5.41, 5.74) is 4.22. The van der Waals surface area contributed by atoms with Gasteiger partial charge in [-0.2, -0.15) is 0 Å². The van der Waals surface area contributed by atoms with Gasteiger partial charge in [-0.3, -0.25) is 14.5 Å². The van der Waals surface area contributed by atoms with Gasteiger partial charge < -0.3 is 10.1 Å². The summed E-state index contributed by atoms with van der Waals surface area (Å²) in [4.78, 5) is 26.8. The van der Waals surface area contributed by atoms with Gasteiger partial charge in [-0.15, -0.1) is 0 Å². The fraction of sp³-hybridized carbons (Fsp3) is 0.600. The Morgan fingerprint density at radius 1 is 1.28 bits per heavy atom. The van der Waals surface area contributed by atoms with Crippen molar-refractivity contribution < 1.29 is 14.3 Å². The van der Waals surface area contributed by atoms with E-state index in [2.05, 4.69) is 29.3 Å². The van der Waals surface area contributed by atoms with Crippen molar-refractivity contribution in [1.82, 2.24) is 4.90 Å². The van der Waals surface area contributed by atoms with Crippen LogP contribution in [0.1, 0.15) is 43.4 Å². The minimum atomic E-state index is -0.280. The molecule has 0 radical (unpaired) electrons. The summed E-state index contributed by atoms with van der Waals surface area (Å²) >= 11 is 0. The average Bonchev–Trinajstić information content (AvgIpc) is 2.57. The van der Waals surface area contributed by atoms with Crippen LogP contribution in [-0.2, 0) is 14.3 Å². The maximum Gasteiger partial charge on any atom is 0.310 e. The molecule has 0 aliphatic carbocycles. The third kappa shape index (κ3) is 4.82. The average molecular weight is 346 g/mol. The van der Waals surface area contributed by atoms with Gasteiger partial charge in [0.2, 0.25) is 5.91 Å². The van der Waals surface area contributed by atoms with Crippen LogP contribution in [0.4, 0.5) is 5.69 Å². The third-order valence-electron chi connectivity index (χ3n) is 4.93. The minimum Gasteiger partial charge on any atom is -0.466 e. The van der Waals surface area contributed by atoms with Crippen LogP contribution in [0.3, 0.4) is 0 Å². The number of amides is 1. The molecular formula is C20H30N2O3. The van der Waals surface area contributed by atoms with Crippen LogP contribution in [0, 0.1) is 26.7 Å². The minimum absolute atomic E-state index is 0.0282. The quantitative estimate of drug-likeness (QED) is 0.832. The third-order valence-corrected chi connectivity index (χ3v) is 4.93. The number of carbonyl (C=O) groups is 2. The molecule has 1 amide bonds. The van der Waals surface area contributed by atoms with E-state index in [-0.39, 0.29) is 23.8 Å². The highest BCUT2D eigenvalue weighted by atomic mass is 16.5. The van der Waals surface area contributed by atoms with Crippen molar-refractivity contribution in [2.75, 3.05) is 25.0 Å². The van der Waals surface area contributed by atoms with E-state index >= 15 is 0 Å². The lowest BCUT2D eigenvalue weighted by atomic mass is 9.96. The van der Waals surface area contributed by atoms with Crippen molar-refractivity contribution in [2.24, 2.45) is 5.92 Å². The van der Waals surface area contributed by atoms with Crippen molar-refractivity contribution in [2.45, 2.75) is 53.5 Å². The van der Waals surface area contributed by atoms with Gasteiger partial charge in [-0.05, 0) is 65.1 Å². The highest BCUT2D eigenvalue weighted by molar-refractivity contribution is 5.96. The largest absolute Gasteiger partial charge is 0.466 e. The summed E-state index contributed by atoms with van der Waals surface area (Å²) in [6, 6.07) is 3.87. The van der Waals surface area contributed by atoms with Gasteiger partial charge >= 0.3 is 5.97 Å². The Morgan fingerprint density at radius 2 is 1.92 bits per heavy atom. The fourth-order valence-corrected chi connectivity index (χ4v) is 3.58. The Kier molecular flexibility index (Phi) is 6.59. The molecule has 0 saturated carbocycles. The number of esters is 1. The Bertz CT molecular complexity index is 619. The van der Waals surface area contributed by atoms with E-state index in [0.29, 0.717) is 13.2 Å². The van der Waals surface area contributed by atoms with Crippen molar-refractivity contribution in [1.29, 1.82) is 0 Å². The van der Waals surface area contributed by atoms with E-state index in [0.717, 1.165) is 36.2 Å². The van der Waals surface area contributed by atoms with E-state index < -0.39 is 0 Å². The number of nitrogens with zero attached hydrogens (tertiary/aromatic N) is 1. The highest BCUT2D eigenvalue weighted by Gasteiger charge is 2.31. The fourth-order valence-electron chi connectivity index (χ4n) is 3.58. The number of rotatable bonds is 5. The van der Waals surface area contributed by atoms with E-state index in [1.165, 1.54) is 5.56 Å². The summed E-state index contributed by atoms with van der Waals surface area (Å²) < 4.78 is 5.14. The number of likely N-dealkylation sites (tertiary alicyclic amines) is 1. The molecule has 1 heterocycles. The predicted octanol–water partition coefficient (Wildman–Crippen LogP) is 3.21. The van der Waals surface area contributed by atoms with E-state index in [1.807, 2.05) is 27.7 Å². The van der Waals surface area contributed by atoms with E-state index in [4.69, 9.17) is 4.74 Å². The topological polar surface area (TPSA) is 58.6 Å². The summed E-state index contributed by atoms with van der Waals surface area (Å²) in [6.45, 7) is 11.6. The Morgan fingerprint density at radius 3 is 2.52 bits per heavy atom. The van der Waals surface area contributed by atoms with Crippen LogP contribution in [-0.4, -0.2) is 42.5 Å². The molecule has 25 heavy (non-hydrogen) atoms. The Labute approximate surface area is 150 Å². The molecule has 0 bridgehead atoms. The van der Waals surface area contributed by atoms with Crippen molar-refractivity contribution in [3.8, 4) is 0 Å². The second-order valence-electron chi connectivity index (χ2n) is 7.03. The smallest absolute Gasteiger partial charge is 0.310 e. The van der Waals surface area contributed by atoms with Gasteiger partial charge in [0.25, 0.3) is 0 Å². The number of ether oxygens (including phenoxy) is 1. The lowest BCUT2D eigenvalue weighted by Gasteiger charge is -2.35. The molecule has 5 heteroatoms. The maximum absolute atomic E-state index is 12.7. The van der Waals surface area contributed by atoms with Crippen LogP contribution < -0.4 is 5.32 Å². The molecule has 1 aromatic carbocycles. The normalized spacial score (nSPS) is 19.3. The molecule has 1 aliphatic rings. The Balaban J connectivity index is 2.03. The van der Waals surface area contributed by atoms with Crippen LogP contribution in [0.25, 0.3) is 0 Å². The number of piperidine rings is 1. The van der Waals surface area contributed by atoms with Crippen LogP contribution >= 0.6 is 0 Å². The van der Waals surface area contributed by atoms with E-state index in [9.17, 15) is 9.59 Å². The molecule has 5 nitrogen and oxygen atoms in total. The highest BCUT2D eigenvalue weighted by Crippen LogP contribution is 2.24. The first-order chi connectivity index (χ1) is 11.8. The predicted molar refractivity (Wildman–Crippen MR) is 99.7 cm³/mol. The van der Waals surface area contributed by atoms with Gasteiger partial charge in [-0.25, -0.2) is 0 Å². The summed E-state index contributed by atoms with van der Waals surface area (Å²) in [5, 5.41) is 3.08. The number of nitrogens with one attached hydrogen (secondary N) is 1. The molecule has 138 valence electrons.